The molecule has 0 saturated carbocycles. The Morgan fingerprint density at radius 1 is 1.19 bits per heavy atom. The molecule has 8 heteroatoms. The zero-order valence-corrected chi connectivity index (χ0v) is 18.2. The van der Waals surface area contributed by atoms with E-state index in [9.17, 15) is 14.4 Å². The lowest BCUT2D eigenvalue weighted by atomic mass is 9.85. The van der Waals surface area contributed by atoms with Crippen LogP contribution in [0.5, 0.6) is 0 Å². The van der Waals surface area contributed by atoms with Crippen molar-refractivity contribution in [3.63, 3.8) is 0 Å². The second-order valence-electron chi connectivity index (χ2n) is 7.97. The maximum absolute atomic E-state index is 12.8. The standard InChI is InChI=1S/C23H28O8/c1-12-6-7-17(29-15(4)24)13(2)9-19-21(14(3)22(25)30-19)18(8-12)31-23(26)16-10-20(27-5)28-11-16/h6,9-10,17-21H,3,7-8,11H2,1-2,4-5H3. The number of methoxy groups -OCH3 is 1. The van der Waals surface area contributed by atoms with Gasteiger partial charge >= 0.3 is 17.9 Å². The highest BCUT2D eigenvalue weighted by Crippen LogP contribution is 2.37. The van der Waals surface area contributed by atoms with Crippen LogP contribution in [-0.2, 0) is 38.1 Å². The van der Waals surface area contributed by atoms with E-state index in [0.29, 0.717) is 18.4 Å². The van der Waals surface area contributed by atoms with Crippen molar-refractivity contribution in [1.29, 1.82) is 0 Å². The van der Waals surface area contributed by atoms with E-state index in [1.54, 1.807) is 12.2 Å². The van der Waals surface area contributed by atoms with Gasteiger partial charge in [0.1, 0.15) is 18.3 Å². The number of hydrogen-bond donors (Lipinski definition) is 0. The van der Waals surface area contributed by atoms with E-state index < -0.39 is 48.4 Å². The van der Waals surface area contributed by atoms with Crippen molar-refractivity contribution in [3.05, 3.63) is 47.1 Å². The van der Waals surface area contributed by atoms with Crippen LogP contribution >= 0.6 is 0 Å². The largest absolute Gasteiger partial charge is 0.458 e. The summed E-state index contributed by atoms with van der Waals surface area (Å²) >= 11 is 0. The van der Waals surface area contributed by atoms with Gasteiger partial charge in [0, 0.05) is 32.4 Å². The zero-order valence-electron chi connectivity index (χ0n) is 18.2. The van der Waals surface area contributed by atoms with Gasteiger partial charge in [-0.15, -0.1) is 0 Å². The summed E-state index contributed by atoms with van der Waals surface area (Å²) in [5.41, 5.74) is 2.29. The van der Waals surface area contributed by atoms with Gasteiger partial charge in [0.15, 0.2) is 6.29 Å². The van der Waals surface area contributed by atoms with Crippen LogP contribution in [0.4, 0.5) is 0 Å². The minimum absolute atomic E-state index is 0.0897. The summed E-state index contributed by atoms with van der Waals surface area (Å²) in [7, 11) is 1.48. The van der Waals surface area contributed by atoms with Gasteiger partial charge in [-0.05, 0) is 31.6 Å². The molecule has 1 aliphatic carbocycles. The minimum Gasteiger partial charge on any atom is -0.458 e. The summed E-state index contributed by atoms with van der Waals surface area (Å²) in [6.07, 6.45) is 3.73. The third kappa shape index (κ3) is 5.32. The Morgan fingerprint density at radius 3 is 2.58 bits per heavy atom. The van der Waals surface area contributed by atoms with E-state index in [2.05, 4.69) is 6.58 Å². The third-order valence-corrected chi connectivity index (χ3v) is 5.60. The highest BCUT2D eigenvalue weighted by Gasteiger charge is 2.45. The molecule has 0 bridgehead atoms. The van der Waals surface area contributed by atoms with E-state index in [0.717, 1.165) is 11.1 Å². The summed E-state index contributed by atoms with van der Waals surface area (Å²) in [6.45, 7) is 9.05. The van der Waals surface area contributed by atoms with Crippen LogP contribution in [0.2, 0.25) is 0 Å². The molecule has 0 aromatic rings. The first kappa shape index (κ1) is 23.0. The van der Waals surface area contributed by atoms with Crippen LogP contribution in [0, 0.1) is 5.92 Å². The average molecular weight is 432 g/mol. The van der Waals surface area contributed by atoms with Crippen molar-refractivity contribution in [2.24, 2.45) is 5.92 Å². The van der Waals surface area contributed by atoms with Gasteiger partial charge < -0.3 is 23.7 Å². The number of hydrogen-bond acceptors (Lipinski definition) is 8. The third-order valence-electron chi connectivity index (χ3n) is 5.60. The van der Waals surface area contributed by atoms with E-state index >= 15 is 0 Å². The molecule has 1 fully saturated rings. The summed E-state index contributed by atoms with van der Waals surface area (Å²) in [5, 5.41) is 0. The minimum atomic E-state index is -0.678. The Kier molecular flexibility index (Phi) is 7.12. The monoisotopic (exact) mass is 432 g/mol. The molecule has 0 N–H and O–H groups in total. The van der Waals surface area contributed by atoms with Crippen LogP contribution in [0.15, 0.2) is 47.1 Å². The van der Waals surface area contributed by atoms with Gasteiger partial charge in [-0.3, -0.25) is 4.79 Å². The van der Waals surface area contributed by atoms with E-state index in [4.69, 9.17) is 23.7 Å². The Hall–Kier alpha value is -2.71. The Bertz CT molecular complexity index is 865. The van der Waals surface area contributed by atoms with Crippen molar-refractivity contribution >= 4 is 17.9 Å². The molecule has 5 atom stereocenters. The maximum atomic E-state index is 12.8. The maximum Gasteiger partial charge on any atom is 0.336 e. The molecular weight excluding hydrogens is 404 g/mol. The molecule has 0 radical (unpaired) electrons. The second kappa shape index (κ2) is 9.62. The molecule has 0 spiro atoms. The number of carbonyl (C=O) groups is 3. The first-order valence-electron chi connectivity index (χ1n) is 10.2. The van der Waals surface area contributed by atoms with Crippen LogP contribution in [0.3, 0.4) is 0 Å². The Labute approximate surface area is 181 Å². The highest BCUT2D eigenvalue weighted by atomic mass is 16.7. The molecule has 5 unspecified atom stereocenters. The van der Waals surface area contributed by atoms with Gasteiger partial charge in [-0.1, -0.05) is 18.2 Å². The molecule has 0 aromatic heterocycles. The van der Waals surface area contributed by atoms with Crippen molar-refractivity contribution in [3.8, 4) is 0 Å². The molecule has 8 nitrogen and oxygen atoms in total. The topological polar surface area (TPSA) is 97.4 Å². The van der Waals surface area contributed by atoms with Gasteiger partial charge in [0.05, 0.1) is 18.1 Å². The molecule has 1 saturated heterocycles. The van der Waals surface area contributed by atoms with E-state index in [-0.39, 0.29) is 12.2 Å². The van der Waals surface area contributed by atoms with Gasteiger partial charge in [0.25, 0.3) is 0 Å². The summed E-state index contributed by atoms with van der Waals surface area (Å²) < 4.78 is 27.2. The molecule has 168 valence electrons. The van der Waals surface area contributed by atoms with Crippen molar-refractivity contribution in [2.75, 3.05) is 13.7 Å². The molecule has 3 aliphatic rings. The number of carbonyl (C=O) groups excluding carboxylic acids is 3. The van der Waals surface area contributed by atoms with Gasteiger partial charge in [-0.25, -0.2) is 9.59 Å². The first-order chi connectivity index (χ1) is 14.7. The number of rotatable bonds is 4. The van der Waals surface area contributed by atoms with Gasteiger partial charge in [0.2, 0.25) is 0 Å². The molecule has 3 rings (SSSR count). The van der Waals surface area contributed by atoms with Crippen molar-refractivity contribution < 1.29 is 38.1 Å². The van der Waals surface area contributed by atoms with Gasteiger partial charge in [-0.2, -0.15) is 0 Å². The lowest BCUT2D eigenvalue weighted by Crippen LogP contribution is -2.34. The SMILES string of the molecule is C=C1C(=O)OC2C=C(C)C(OC(C)=O)CC=C(C)CC(OC(=O)C3=CC(OC)OC3)C12. The predicted octanol–water partition coefficient (Wildman–Crippen LogP) is 2.54. The number of fused-ring (bicyclic) bond motifs is 1. The van der Waals surface area contributed by atoms with Crippen molar-refractivity contribution in [1.82, 2.24) is 0 Å². The van der Waals surface area contributed by atoms with E-state index in [1.807, 2.05) is 19.9 Å². The highest BCUT2D eigenvalue weighted by molar-refractivity contribution is 5.92. The van der Waals surface area contributed by atoms with E-state index in [1.165, 1.54) is 14.0 Å². The fraction of sp³-hybridized carbons (Fsp3) is 0.522. The molecule has 2 aliphatic heterocycles. The first-order valence-corrected chi connectivity index (χ1v) is 10.2. The summed E-state index contributed by atoms with van der Waals surface area (Å²) in [5.74, 6) is -2.02. The molecular formula is C23H28O8. The predicted molar refractivity (Wildman–Crippen MR) is 110 cm³/mol. The smallest absolute Gasteiger partial charge is 0.336 e. The van der Waals surface area contributed by atoms with Crippen LogP contribution in [0.25, 0.3) is 0 Å². The Balaban J connectivity index is 1.90. The van der Waals surface area contributed by atoms with Crippen LogP contribution in [0.1, 0.15) is 33.6 Å². The fourth-order valence-electron chi connectivity index (χ4n) is 3.93. The number of esters is 3. The summed E-state index contributed by atoms with van der Waals surface area (Å²) in [6, 6.07) is 0. The lowest BCUT2D eigenvalue weighted by Gasteiger charge is -2.28. The zero-order chi connectivity index (χ0) is 22.7. The average Bonchev–Trinajstić information content (AvgIpc) is 3.29. The second-order valence-corrected chi connectivity index (χ2v) is 7.97. The normalized spacial score (nSPS) is 31.1. The lowest BCUT2D eigenvalue weighted by molar-refractivity contribution is -0.148. The van der Waals surface area contributed by atoms with Crippen LogP contribution < -0.4 is 0 Å². The van der Waals surface area contributed by atoms with Crippen molar-refractivity contribution in [2.45, 2.75) is 58.2 Å². The molecule has 2 heterocycles. The number of ether oxygens (including phenoxy) is 5. The van der Waals surface area contributed by atoms with Crippen LogP contribution in [-0.4, -0.2) is 56.2 Å². The fourth-order valence-corrected chi connectivity index (χ4v) is 3.93. The molecule has 0 amide bonds. The molecule has 31 heavy (non-hydrogen) atoms. The molecule has 0 aromatic carbocycles. The Morgan fingerprint density at radius 2 is 1.94 bits per heavy atom. The summed E-state index contributed by atoms with van der Waals surface area (Å²) in [4.78, 5) is 36.6. The quantitative estimate of drug-likeness (QED) is 0.289.